The van der Waals surface area contributed by atoms with Crippen LogP contribution in [0.2, 0.25) is 0 Å². The van der Waals surface area contributed by atoms with E-state index in [0.29, 0.717) is 5.56 Å². The molecule has 0 aliphatic rings. The van der Waals surface area contributed by atoms with Crippen LogP contribution in [0.5, 0.6) is 5.75 Å². The molecule has 2 aromatic carbocycles. The average molecular weight is 408 g/mol. The molecule has 154 valence electrons. The second kappa shape index (κ2) is 10.7. The summed E-state index contributed by atoms with van der Waals surface area (Å²) in [6.07, 6.45) is 0.328. The molecule has 0 aromatic heterocycles. The van der Waals surface area contributed by atoms with Crippen molar-refractivity contribution in [3.05, 3.63) is 76.9 Å². The minimum Gasteiger partial charge on any atom is -0.486 e. The van der Waals surface area contributed by atoms with E-state index < -0.39 is 24.4 Å². The third-order valence-electron chi connectivity index (χ3n) is 4.02. The van der Waals surface area contributed by atoms with Gasteiger partial charge in [0.25, 0.3) is 0 Å². The van der Waals surface area contributed by atoms with Gasteiger partial charge in [0.15, 0.2) is 11.6 Å². The predicted octanol–water partition coefficient (Wildman–Crippen LogP) is 6.59. The molecule has 0 unspecified atom stereocenters. The van der Waals surface area contributed by atoms with Gasteiger partial charge in [0.1, 0.15) is 12.4 Å². The van der Waals surface area contributed by atoms with Gasteiger partial charge in [0, 0.05) is 11.6 Å². The molecule has 29 heavy (non-hydrogen) atoms. The Kier molecular flexibility index (Phi) is 8.26. The summed E-state index contributed by atoms with van der Waals surface area (Å²) in [4.78, 5) is 0. The first kappa shape index (κ1) is 22.5. The molecule has 0 atom stereocenters. The van der Waals surface area contributed by atoms with Gasteiger partial charge in [-0.25, -0.2) is 8.78 Å². The number of halogens is 5. The van der Waals surface area contributed by atoms with Gasteiger partial charge in [-0.05, 0) is 54.8 Å². The van der Waals surface area contributed by atoms with E-state index >= 15 is 0 Å². The molecule has 0 aliphatic carbocycles. The lowest BCUT2D eigenvalue weighted by atomic mass is 10.0. The maximum Gasteiger partial charge on any atom is 0.409 e. The number of aryl methyl sites for hydroxylation is 1. The van der Waals surface area contributed by atoms with Gasteiger partial charge in [-0.3, -0.25) is 0 Å². The van der Waals surface area contributed by atoms with Crippen LogP contribution in [-0.2, 0) is 6.42 Å². The molecule has 0 aliphatic heterocycles. The number of allylic oxidation sites excluding steroid dienone is 1. The Labute approximate surface area is 167 Å². The van der Waals surface area contributed by atoms with Gasteiger partial charge >= 0.3 is 6.18 Å². The highest BCUT2D eigenvalue weighted by Crippen LogP contribution is 2.19. The molecule has 6 heteroatoms. The van der Waals surface area contributed by atoms with Crippen molar-refractivity contribution in [1.82, 2.24) is 0 Å². The van der Waals surface area contributed by atoms with E-state index in [1.165, 1.54) is 18.2 Å². The average Bonchev–Trinajstić information content (AvgIpc) is 2.65. The number of alkyl halides is 3. The molecule has 0 N–H and O–H groups in total. The summed E-state index contributed by atoms with van der Waals surface area (Å²) in [7, 11) is 0. The summed E-state index contributed by atoms with van der Waals surface area (Å²) in [6.45, 7) is 1.68. The Balaban J connectivity index is 2.02. The number of hydrogen-bond donors (Lipinski definition) is 0. The van der Waals surface area contributed by atoms with Crippen molar-refractivity contribution in [3.63, 3.8) is 0 Å². The molecule has 1 nitrogen and oxygen atoms in total. The summed E-state index contributed by atoms with van der Waals surface area (Å²) < 4.78 is 69.1. The van der Waals surface area contributed by atoms with E-state index in [1.54, 1.807) is 6.07 Å². The van der Waals surface area contributed by atoms with Crippen molar-refractivity contribution in [3.8, 4) is 17.6 Å². The van der Waals surface area contributed by atoms with Crippen LogP contribution in [0.4, 0.5) is 22.0 Å². The topological polar surface area (TPSA) is 9.23 Å². The summed E-state index contributed by atoms with van der Waals surface area (Å²) in [6, 6.07) is 8.71. The Morgan fingerprint density at radius 2 is 1.76 bits per heavy atom. The third-order valence-corrected chi connectivity index (χ3v) is 4.02. The zero-order valence-electron chi connectivity index (χ0n) is 16.0. The van der Waals surface area contributed by atoms with E-state index in [-0.39, 0.29) is 17.4 Å². The minimum atomic E-state index is -4.44. The van der Waals surface area contributed by atoms with Crippen LogP contribution in [0.3, 0.4) is 0 Å². The summed E-state index contributed by atoms with van der Waals surface area (Å²) >= 11 is 0. The van der Waals surface area contributed by atoms with Crippen LogP contribution in [0.1, 0.15) is 42.9 Å². The lowest BCUT2D eigenvalue weighted by molar-refractivity contribution is -0.0801. The molecule has 0 amide bonds. The summed E-state index contributed by atoms with van der Waals surface area (Å²) in [5.74, 6) is 3.97. The fourth-order valence-electron chi connectivity index (χ4n) is 2.55. The van der Waals surface area contributed by atoms with Gasteiger partial charge < -0.3 is 4.74 Å². The van der Waals surface area contributed by atoms with Crippen LogP contribution in [0.25, 0.3) is 0 Å². The van der Waals surface area contributed by atoms with E-state index in [2.05, 4.69) is 18.8 Å². The van der Waals surface area contributed by atoms with Crippen molar-refractivity contribution < 1.29 is 26.7 Å². The number of benzene rings is 2. The van der Waals surface area contributed by atoms with Gasteiger partial charge in [-0.15, -0.1) is 0 Å². The lowest BCUT2D eigenvalue weighted by Gasteiger charge is -2.05. The standard InChI is InChI=1S/C23H21F5O/c1-2-3-4-6-17-7-10-19(20(24)15-17)11-8-18-9-12-22(21(25)16-18)29-14-5-13-23(26,27)28/h5,7,9-10,12-13,15-16H,2-4,6,14H2,1H3/b13-5+. The highest BCUT2D eigenvalue weighted by Gasteiger charge is 2.21. The number of hydrogen-bond acceptors (Lipinski definition) is 1. The molecule has 0 saturated carbocycles. The first-order valence-corrected chi connectivity index (χ1v) is 9.25. The van der Waals surface area contributed by atoms with Crippen molar-refractivity contribution in [2.45, 2.75) is 38.8 Å². The first-order valence-electron chi connectivity index (χ1n) is 9.25. The number of ether oxygens (including phenoxy) is 1. The quantitative estimate of drug-likeness (QED) is 0.217. The maximum absolute atomic E-state index is 14.2. The molecule has 0 radical (unpaired) electrons. The van der Waals surface area contributed by atoms with Crippen molar-refractivity contribution in [1.29, 1.82) is 0 Å². The normalized spacial score (nSPS) is 11.4. The monoisotopic (exact) mass is 408 g/mol. The predicted molar refractivity (Wildman–Crippen MR) is 103 cm³/mol. The van der Waals surface area contributed by atoms with Crippen LogP contribution < -0.4 is 4.74 Å². The van der Waals surface area contributed by atoms with Gasteiger partial charge in [0.05, 0.1) is 5.56 Å². The zero-order chi connectivity index (χ0) is 21.3. The molecule has 0 spiro atoms. The van der Waals surface area contributed by atoms with E-state index in [1.807, 2.05) is 6.07 Å². The Morgan fingerprint density at radius 1 is 0.966 bits per heavy atom. The van der Waals surface area contributed by atoms with E-state index in [0.717, 1.165) is 43.4 Å². The summed E-state index contributed by atoms with van der Waals surface area (Å²) in [5, 5.41) is 0. The molecule has 0 bridgehead atoms. The van der Waals surface area contributed by atoms with Crippen LogP contribution in [0, 0.1) is 23.5 Å². The second-order valence-corrected chi connectivity index (χ2v) is 6.42. The number of rotatable bonds is 7. The molecule has 0 heterocycles. The molecule has 0 fully saturated rings. The van der Waals surface area contributed by atoms with Crippen molar-refractivity contribution in [2.75, 3.05) is 6.61 Å². The maximum atomic E-state index is 14.2. The lowest BCUT2D eigenvalue weighted by Crippen LogP contribution is -2.03. The Bertz CT molecular complexity index is 904. The Hall–Kier alpha value is -2.81. The zero-order valence-corrected chi connectivity index (χ0v) is 16.0. The molecule has 2 aromatic rings. The molecule has 2 rings (SSSR count). The molecule has 0 saturated heterocycles. The van der Waals surface area contributed by atoms with E-state index in [9.17, 15) is 22.0 Å². The summed E-state index contributed by atoms with van der Waals surface area (Å²) in [5.41, 5.74) is 1.42. The van der Waals surface area contributed by atoms with E-state index in [4.69, 9.17) is 4.74 Å². The van der Waals surface area contributed by atoms with Gasteiger partial charge in [-0.2, -0.15) is 13.2 Å². The van der Waals surface area contributed by atoms with Crippen molar-refractivity contribution in [2.24, 2.45) is 0 Å². The minimum absolute atomic E-state index is 0.0222. The third kappa shape index (κ3) is 7.98. The Morgan fingerprint density at radius 3 is 2.41 bits per heavy atom. The van der Waals surface area contributed by atoms with Crippen LogP contribution >= 0.6 is 0 Å². The fraction of sp³-hybridized carbons (Fsp3) is 0.304. The molecular formula is C23H21F5O. The smallest absolute Gasteiger partial charge is 0.409 e. The van der Waals surface area contributed by atoms with Crippen LogP contribution in [0.15, 0.2) is 48.6 Å². The SMILES string of the molecule is CCCCCc1ccc(C#Cc2ccc(OC/C=C/C(F)(F)F)c(F)c2)c(F)c1. The van der Waals surface area contributed by atoms with Gasteiger partial charge in [-0.1, -0.05) is 37.7 Å². The van der Waals surface area contributed by atoms with Gasteiger partial charge in [0.2, 0.25) is 0 Å². The number of unbranched alkanes of at least 4 members (excludes halogenated alkanes) is 2. The second-order valence-electron chi connectivity index (χ2n) is 6.42. The highest BCUT2D eigenvalue weighted by molar-refractivity contribution is 5.46. The highest BCUT2D eigenvalue weighted by atomic mass is 19.4. The first-order chi connectivity index (χ1) is 13.8. The van der Waals surface area contributed by atoms with Crippen molar-refractivity contribution >= 4 is 0 Å². The largest absolute Gasteiger partial charge is 0.486 e. The molecular weight excluding hydrogens is 387 g/mol. The van der Waals surface area contributed by atoms with Crippen LogP contribution in [-0.4, -0.2) is 12.8 Å². The fourth-order valence-corrected chi connectivity index (χ4v) is 2.55.